The Balaban J connectivity index is 1.76. The lowest BCUT2D eigenvalue weighted by molar-refractivity contribution is 0.0410. The molecule has 0 radical (unpaired) electrons. The van der Waals surface area contributed by atoms with Gasteiger partial charge in [0.2, 0.25) is 10.0 Å². The predicted molar refractivity (Wildman–Crippen MR) is 73.4 cm³/mol. The van der Waals surface area contributed by atoms with E-state index < -0.39 is 10.0 Å². The van der Waals surface area contributed by atoms with Crippen molar-refractivity contribution in [3.8, 4) is 0 Å². The first kappa shape index (κ1) is 13.1. The molecule has 1 N–H and O–H groups in total. The third-order valence-corrected chi connectivity index (χ3v) is 6.06. The van der Waals surface area contributed by atoms with Gasteiger partial charge in [0.25, 0.3) is 0 Å². The smallest absolute Gasteiger partial charge is 0.219 e. The highest BCUT2D eigenvalue weighted by Crippen LogP contribution is 2.58. The Labute approximate surface area is 114 Å². The number of ether oxygens (including phenoxy) is 1. The van der Waals surface area contributed by atoms with E-state index >= 15 is 0 Å². The van der Waals surface area contributed by atoms with Crippen LogP contribution < -0.4 is 4.72 Å². The molecule has 5 heteroatoms. The van der Waals surface area contributed by atoms with Crippen LogP contribution in [-0.4, -0.2) is 32.9 Å². The highest BCUT2D eigenvalue weighted by atomic mass is 32.2. The van der Waals surface area contributed by atoms with Crippen molar-refractivity contribution in [2.75, 3.05) is 13.2 Å². The summed E-state index contributed by atoms with van der Waals surface area (Å²) in [5.41, 5.74) is 1.17. The quantitative estimate of drug-likeness (QED) is 0.910. The van der Waals surface area contributed by atoms with Gasteiger partial charge < -0.3 is 4.74 Å². The van der Waals surface area contributed by atoms with E-state index in [2.05, 4.69) is 30.7 Å². The molecule has 1 heterocycles. The lowest BCUT2D eigenvalue weighted by Gasteiger charge is -2.26. The molecule has 0 bridgehead atoms. The lowest BCUT2D eigenvalue weighted by Crippen LogP contribution is -2.48. The number of rotatable bonds is 4. The summed E-state index contributed by atoms with van der Waals surface area (Å²) in [4.78, 5) is 0. The van der Waals surface area contributed by atoms with Gasteiger partial charge in [-0.15, -0.1) is 0 Å². The number of sulfonamides is 1. The van der Waals surface area contributed by atoms with Gasteiger partial charge in [-0.25, -0.2) is 13.1 Å². The fraction of sp³-hybridized carbons (Fsp3) is 0.571. The van der Waals surface area contributed by atoms with Crippen molar-refractivity contribution in [2.24, 2.45) is 5.41 Å². The molecule has 104 valence electrons. The fourth-order valence-electron chi connectivity index (χ4n) is 2.81. The number of hydrogen-bond donors (Lipinski definition) is 1. The van der Waals surface area contributed by atoms with Crippen LogP contribution in [0.15, 0.2) is 30.3 Å². The Morgan fingerprint density at radius 3 is 2.37 bits per heavy atom. The van der Waals surface area contributed by atoms with Gasteiger partial charge in [-0.05, 0) is 11.0 Å². The maximum Gasteiger partial charge on any atom is 0.219 e. The third kappa shape index (κ3) is 2.20. The van der Waals surface area contributed by atoms with Crippen molar-refractivity contribution in [1.82, 2.24) is 4.72 Å². The maximum absolute atomic E-state index is 12.1. The highest BCUT2D eigenvalue weighted by molar-refractivity contribution is 7.90. The summed E-state index contributed by atoms with van der Waals surface area (Å²) in [6.07, 6.45) is 0. The van der Waals surface area contributed by atoms with Crippen molar-refractivity contribution in [3.63, 3.8) is 0 Å². The zero-order valence-corrected chi connectivity index (χ0v) is 12.0. The molecule has 1 aromatic rings. The van der Waals surface area contributed by atoms with Crippen molar-refractivity contribution in [3.05, 3.63) is 35.9 Å². The van der Waals surface area contributed by atoms with E-state index in [0.717, 1.165) is 0 Å². The summed E-state index contributed by atoms with van der Waals surface area (Å²) in [6, 6.07) is 10.1. The first-order chi connectivity index (χ1) is 8.93. The van der Waals surface area contributed by atoms with Crippen LogP contribution in [0.1, 0.15) is 25.3 Å². The van der Waals surface area contributed by atoms with Crippen LogP contribution in [0.25, 0.3) is 0 Å². The van der Waals surface area contributed by atoms with E-state index in [-0.39, 0.29) is 22.6 Å². The molecule has 3 rings (SSSR count). The lowest BCUT2D eigenvalue weighted by atomic mass is 10.0. The molecule has 0 spiro atoms. The van der Waals surface area contributed by atoms with Gasteiger partial charge in [-0.2, -0.15) is 0 Å². The molecule has 0 amide bonds. The zero-order valence-electron chi connectivity index (χ0n) is 11.2. The summed E-state index contributed by atoms with van der Waals surface area (Å²) in [6.45, 7) is 4.85. The maximum atomic E-state index is 12.1. The van der Waals surface area contributed by atoms with E-state index in [1.165, 1.54) is 5.56 Å². The molecule has 2 aliphatic rings. The number of hydrogen-bond acceptors (Lipinski definition) is 3. The van der Waals surface area contributed by atoms with Gasteiger partial charge in [0, 0.05) is 12.0 Å². The van der Waals surface area contributed by atoms with Crippen molar-refractivity contribution in [2.45, 2.75) is 31.1 Å². The standard InChI is InChI=1S/C14H19NO3S/c1-14(2)12(10-6-4-3-5-7-10)13(14)15-19(16,17)11-8-18-9-11/h3-7,11-13,15H,8-9H2,1-2H3/t12-,13-/m0/s1. The van der Waals surface area contributed by atoms with Crippen molar-refractivity contribution in [1.29, 1.82) is 0 Å². The molecule has 1 aliphatic carbocycles. The van der Waals surface area contributed by atoms with Crippen LogP contribution >= 0.6 is 0 Å². The average molecular weight is 281 g/mol. The van der Waals surface area contributed by atoms with Crippen LogP contribution in [0.5, 0.6) is 0 Å². The largest absolute Gasteiger partial charge is 0.378 e. The van der Waals surface area contributed by atoms with Crippen LogP contribution in [-0.2, 0) is 14.8 Å². The zero-order chi connectivity index (χ0) is 13.7. The molecule has 2 atom stereocenters. The van der Waals surface area contributed by atoms with E-state index in [4.69, 9.17) is 4.74 Å². The van der Waals surface area contributed by atoms with Crippen LogP contribution in [0, 0.1) is 5.41 Å². The molecular formula is C14H19NO3S. The van der Waals surface area contributed by atoms with Crippen LogP contribution in [0.2, 0.25) is 0 Å². The molecule has 1 aliphatic heterocycles. The molecule has 0 aromatic heterocycles. The Kier molecular flexibility index (Phi) is 2.96. The Hall–Kier alpha value is -0.910. The minimum atomic E-state index is -3.25. The fourth-order valence-corrected chi connectivity index (χ4v) is 4.34. The van der Waals surface area contributed by atoms with E-state index in [9.17, 15) is 8.42 Å². The van der Waals surface area contributed by atoms with Crippen molar-refractivity contribution >= 4 is 10.0 Å². The van der Waals surface area contributed by atoms with Crippen LogP contribution in [0.3, 0.4) is 0 Å². The molecule has 0 unspecified atom stereocenters. The summed E-state index contributed by atoms with van der Waals surface area (Å²) in [5.74, 6) is 0.254. The molecule has 1 saturated carbocycles. The topological polar surface area (TPSA) is 55.4 Å². The summed E-state index contributed by atoms with van der Waals surface area (Å²) in [7, 11) is -3.25. The summed E-state index contributed by atoms with van der Waals surface area (Å²) < 4.78 is 32.1. The van der Waals surface area contributed by atoms with Crippen LogP contribution in [0.4, 0.5) is 0 Å². The molecule has 2 fully saturated rings. The van der Waals surface area contributed by atoms with Gasteiger partial charge >= 0.3 is 0 Å². The predicted octanol–water partition coefficient (Wildman–Crippen LogP) is 1.50. The second-order valence-electron chi connectivity index (χ2n) is 6.01. The van der Waals surface area contributed by atoms with Gasteiger partial charge in [0.15, 0.2) is 0 Å². The number of benzene rings is 1. The van der Waals surface area contributed by atoms with Crippen molar-refractivity contribution < 1.29 is 13.2 Å². The second kappa shape index (κ2) is 4.30. The van der Waals surface area contributed by atoms with Gasteiger partial charge in [-0.3, -0.25) is 0 Å². The summed E-state index contributed by atoms with van der Waals surface area (Å²) in [5, 5.41) is -0.375. The molecular weight excluding hydrogens is 262 g/mol. The minimum absolute atomic E-state index is 0.0134. The molecule has 19 heavy (non-hydrogen) atoms. The first-order valence-corrected chi connectivity index (χ1v) is 8.11. The minimum Gasteiger partial charge on any atom is -0.378 e. The van der Waals surface area contributed by atoms with Gasteiger partial charge in [0.1, 0.15) is 5.25 Å². The van der Waals surface area contributed by atoms with E-state index in [1.54, 1.807) is 0 Å². The van der Waals surface area contributed by atoms with Gasteiger partial charge in [0.05, 0.1) is 13.2 Å². The average Bonchev–Trinajstić information content (AvgIpc) is 2.77. The summed E-state index contributed by atoms with van der Waals surface area (Å²) >= 11 is 0. The third-order valence-electron chi connectivity index (χ3n) is 4.32. The van der Waals surface area contributed by atoms with E-state index in [0.29, 0.717) is 13.2 Å². The molecule has 1 saturated heterocycles. The Morgan fingerprint density at radius 1 is 1.21 bits per heavy atom. The highest BCUT2D eigenvalue weighted by Gasteiger charge is 2.60. The monoisotopic (exact) mass is 281 g/mol. The Bertz CT molecular complexity index is 564. The molecule has 1 aromatic carbocycles. The molecule has 4 nitrogen and oxygen atoms in total. The van der Waals surface area contributed by atoms with Gasteiger partial charge in [-0.1, -0.05) is 44.2 Å². The van der Waals surface area contributed by atoms with E-state index in [1.807, 2.05) is 18.2 Å². The SMILES string of the molecule is CC1(C)[C@@H](NS(=O)(=O)C2COC2)[C@@H]1c1ccccc1. The normalized spacial score (nSPS) is 29.8. The first-order valence-electron chi connectivity index (χ1n) is 6.57. The Morgan fingerprint density at radius 2 is 1.84 bits per heavy atom. The number of nitrogens with one attached hydrogen (secondary N) is 1. The second-order valence-corrected chi connectivity index (χ2v) is 8.00.